The van der Waals surface area contributed by atoms with Gasteiger partial charge in [0.2, 0.25) is 0 Å². The van der Waals surface area contributed by atoms with E-state index in [2.05, 4.69) is 31.9 Å². The van der Waals surface area contributed by atoms with Gasteiger partial charge in [0.1, 0.15) is 5.82 Å². The van der Waals surface area contributed by atoms with Crippen LogP contribution in [0.2, 0.25) is 0 Å². The molecular weight excluding hydrogens is 383 g/mol. The zero-order valence-electron chi connectivity index (χ0n) is 9.58. The van der Waals surface area contributed by atoms with Gasteiger partial charge in [0.15, 0.2) is 0 Å². The minimum atomic E-state index is -0.558. The number of aryl methyl sites for hydroxylation is 1. The van der Waals surface area contributed by atoms with Crippen molar-refractivity contribution in [3.63, 3.8) is 0 Å². The van der Waals surface area contributed by atoms with E-state index in [1.165, 1.54) is 6.07 Å². The van der Waals surface area contributed by atoms with Crippen LogP contribution in [0.15, 0.2) is 33.2 Å². The van der Waals surface area contributed by atoms with Crippen molar-refractivity contribution in [2.75, 3.05) is 0 Å². The molecule has 2 aromatic rings. The Hall–Kier alpha value is -0.230. The highest BCUT2D eigenvalue weighted by Crippen LogP contribution is 2.32. The third kappa shape index (κ3) is 3.20. The number of aliphatic hydroxyl groups is 1. The lowest BCUT2D eigenvalue weighted by Gasteiger charge is -2.09. The third-order valence-electron chi connectivity index (χ3n) is 2.62. The molecular formula is C13H11Br2FOS. The minimum absolute atomic E-state index is 0.289. The van der Waals surface area contributed by atoms with Gasteiger partial charge in [0.25, 0.3) is 0 Å². The highest BCUT2D eigenvalue weighted by molar-refractivity contribution is 9.10. The molecule has 18 heavy (non-hydrogen) atoms. The van der Waals surface area contributed by atoms with Gasteiger partial charge in [-0.25, -0.2) is 4.39 Å². The molecule has 1 N–H and O–H groups in total. The lowest BCUT2D eigenvalue weighted by molar-refractivity contribution is 0.182. The lowest BCUT2D eigenvalue weighted by Crippen LogP contribution is -1.99. The van der Waals surface area contributed by atoms with E-state index in [1.807, 2.05) is 13.0 Å². The molecule has 1 aromatic carbocycles. The van der Waals surface area contributed by atoms with Crippen molar-refractivity contribution < 1.29 is 9.50 Å². The van der Waals surface area contributed by atoms with Crippen LogP contribution in [-0.2, 0) is 6.42 Å². The monoisotopic (exact) mass is 392 g/mol. The van der Waals surface area contributed by atoms with E-state index in [4.69, 9.17) is 0 Å². The van der Waals surface area contributed by atoms with Gasteiger partial charge in [0.05, 0.1) is 10.6 Å². The molecule has 0 radical (unpaired) electrons. The smallest absolute Gasteiger partial charge is 0.137 e. The molecule has 0 aliphatic carbocycles. The van der Waals surface area contributed by atoms with E-state index in [0.717, 1.165) is 19.8 Å². The molecule has 0 aliphatic rings. The zero-order chi connectivity index (χ0) is 13.3. The van der Waals surface area contributed by atoms with E-state index in [1.54, 1.807) is 23.5 Å². The largest absolute Gasteiger partial charge is 0.387 e. The maximum Gasteiger partial charge on any atom is 0.137 e. The molecule has 96 valence electrons. The quantitative estimate of drug-likeness (QED) is 0.778. The first-order valence-electron chi connectivity index (χ1n) is 5.35. The van der Waals surface area contributed by atoms with Crippen LogP contribution >= 0.6 is 43.2 Å². The molecule has 1 aromatic heterocycles. The Morgan fingerprint density at radius 2 is 2.00 bits per heavy atom. The molecule has 5 heteroatoms. The van der Waals surface area contributed by atoms with Gasteiger partial charge in [-0.2, -0.15) is 0 Å². The Kier molecular flexibility index (Phi) is 4.59. The summed E-state index contributed by atoms with van der Waals surface area (Å²) in [7, 11) is 0. The highest BCUT2D eigenvalue weighted by atomic mass is 79.9. The second kappa shape index (κ2) is 5.82. The molecule has 0 saturated carbocycles. The number of rotatable bonds is 3. The van der Waals surface area contributed by atoms with Gasteiger partial charge >= 0.3 is 0 Å². The van der Waals surface area contributed by atoms with Crippen molar-refractivity contribution in [3.05, 3.63) is 54.3 Å². The average Bonchev–Trinajstić information content (AvgIpc) is 2.65. The molecule has 0 fully saturated rings. The number of aliphatic hydroxyl groups excluding tert-OH is 1. The fourth-order valence-corrected chi connectivity index (χ4v) is 3.61. The van der Waals surface area contributed by atoms with Crippen LogP contribution in [0.3, 0.4) is 0 Å². The fraction of sp³-hybridized carbons (Fsp3) is 0.231. The van der Waals surface area contributed by atoms with Crippen molar-refractivity contribution in [1.82, 2.24) is 0 Å². The summed E-state index contributed by atoms with van der Waals surface area (Å²) in [5, 5.41) is 10.2. The second-order valence-electron chi connectivity index (χ2n) is 4.02. The summed E-state index contributed by atoms with van der Waals surface area (Å²) >= 11 is 8.15. The van der Waals surface area contributed by atoms with Gasteiger partial charge in [-0.1, -0.05) is 6.07 Å². The van der Waals surface area contributed by atoms with E-state index < -0.39 is 6.10 Å². The Bertz CT molecular complexity index is 549. The number of hydrogen-bond donors (Lipinski definition) is 1. The van der Waals surface area contributed by atoms with Gasteiger partial charge in [-0.05, 0) is 62.5 Å². The first kappa shape index (κ1) is 14.2. The Labute approximate surface area is 126 Å². The summed E-state index contributed by atoms with van der Waals surface area (Å²) < 4.78 is 14.5. The van der Waals surface area contributed by atoms with Crippen LogP contribution in [-0.4, -0.2) is 5.11 Å². The van der Waals surface area contributed by atoms with Crippen LogP contribution in [0.25, 0.3) is 0 Å². The van der Waals surface area contributed by atoms with Crippen LogP contribution in [0.4, 0.5) is 4.39 Å². The van der Waals surface area contributed by atoms with Crippen LogP contribution < -0.4 is 0 Å². The van der Waals surface area contributed by atoms with Crippen LogP contribution in [0.1, 0.15) is 21.4 Å². The molecule has 0 bridgehead atoms. The van der Waals surface area contributed by atoms with E-state index in [9.17, 15) is 9.50 Å². The Morgan fingerprint density at radius 1 is 1.28 bits per heavy atom. The first-order chi connectivity index (χ1) is 8.47. The van der Waals surface area contributed by atoms with E-state index in [0.29, 0.717) is 10.9 Å². The first-order valence-corrected chi connectivity index (χ1v) is 7.75. The summed E-state index contributed by atoms with van der Waals surface area (Å²) in [5.74, 6) is -0.289. The van der Waals surface area contributed by atoms with Crippen molar-refractivity contribution in [2.24, 2.45) is 0 Å². The van der Waals surface area contributed by atoms with Gasteiger partial charge < -0.3 is 5.11 Å². The van der Waals surface area contributed by atoms with Gasteiger partial charge in [-0.15, -0.1) is 11.3 Å². The van der Waals surface area contributed by atoms with Crippen molar-refractivity contribution in [1.29, 1.82) is 0 Å². The Morgan fingerprint density at radius 3 is 2.56 bits per heavy atom. The number of hydrogen-bond acceptors (Lipinski definition) is 2. The lowest BCUT2D eigenvalue weighted by atomic mass is 10.1. The summed E-state index contributed by atoms with van der Waals surface area (Å²) in [6.07, 6.45) is -0.0805. The van der Waals surface area contributed by atoms with Crippen LogP contribution in [0.5, 0.6) is 0 Å². The average molecular weight is 394 g/mol. The molecule has 0 amide bonds. The van der Waals surface area contributed by atoms with Gasteiger partial charge in [-0.3, -0.25) is 0 Å². The highest BCUT2D eigenvalue weighted by Gasteiger charge is 2.13. The van der Waals surface area contributed by atoms with E-state index >= 15 is 0 Å². The SMILES string of the molecule is Cc1sc(C(O)Cc2ccc(F)c(Br)c2)cc1Br. The summed E-state index contributed by atoms with van der Waals surface area (Å²) in [4.78, 5) is 2.06. The molecule has 0 spiro atoms. The fourth-order valence-electron chi connectivity index (χ4n) is 1.64. The predicted molar refractivity (Wildman–Crippen MR) is 79.5 cm³/mol. The predicted octanol–water partition coefficient (Wildman–Crippen LogP) is 5.00. The summed E-state index contributed by atoms with van der Waals surface area (Å²) in [5.41, 5.74) is 0.901. The third-order valence-corrected chi connectivity index (χ3v) is 5.46. The topological polar surface area (TPSA) is 20.2 Å². The molecule has 1 atom stereocenters. The number of halogens is 3. The number of thiophene rings is 1. The summed E-state index contributed by atoms with van der Waals surface area (Å²) in [6.45, 7) is 2.00. The normalized spacial score (nSPS) is 12.7. The maximum absolute atomic E-state index is 13.1. The number of benzene rings is 1. The second-order valence-corrected chi connectivity index (χ2v) is 7.02. The van der Waals surface area contributed by atoms with Crippen LogP contribution in [0, 0.1) is 12.7 Å². The standard InChI is InChI=1S/C13H11Br2FOS/c1-7-9(14)6-13(18-7)12(17)5-8-2-3-11(16)10(15)4-8/h2-4,6,12,17H,5H2,1H3. The molecule has 1 heterocycles. The van der Waals surface area contributed by atoms with Crippen molar-refractivity contribution in [3.8, 4) is 0 Å². The van der Waals surface area contributed by atoms with Crippen molar-refractivity contribution >= 4 is 43.2 Å². The van der Waals surface area contributed by atoms with Gasteiger partial charge in [0, 0.05) is 20.6 Å². The summed E-state index contributed by atoms with van der Waals surface area (Å²) in [6, 6.07) is 6.73. The van der Waals surface area contributed by atoms with Crippen molar-refractivity contribution in [2.45, 2.75) is 19.4 Å². The molecule has 0 saturated heterocycles. The minimum Gasteiger partial charge on any atom is -0.387 e. The molecule has 1 unspecified atom stereocenters. The Balaban J connectivity index is 2.15. The van der Waals surface area contributed by atoms with E-state index in [-0.39, 0.29) is 5.82 Å². The maximum atomic E-state index is 13.1. The molecule has 0 aliphatic heterocycles. The molecule has 1 nitrogen and oxygen atoms in total. The molecule has 2 rings (SSSR count). The zero-order valence-corrected chi connectivity index (χ0v) is 13.6.